The van der Waals surface area contributed by atoms with Crippen LogP contribution in [0.2, 0.25) is 0 Å². The molecule has 0 saturated carbocycles. The van der Waals surface area contributed by atoms with E-state index in [4.69, 9.17) is 10.8 Å². The SMILES string of the molecule is NCCn1[nH]c2c3c(=O)ccc(O)c3c(O)c3c(=NCCNCCO)ccc1c32. The van der Waals surface area contributed by atoms with Crippen LogP contribution in [0.4, 0.5) is 0 Å². The number of hydrogen-bond donors (Lipinski definition) is 6. The molecule has 0 saturated heterocycles. The molecule has 0 aliphatic rings. The van der Waals surface area contributed by atoms with Crippen LogP contribution in [0, 0.1) is 0 Å². The van der Waals surface area contributed by atoms with Gasteiger partial charge in [0.25, 0.3) is 0 Å². The number of fused-ring (bicyclic) bond motifs is 2. The molecule has 1 aromatic heterocycles. The van der Waals surface area contributed by atoms with E-state index in [1.54, 1.807) is 6.07 Å². The largest absolute Gasteiger partial charge is 0.507 e. The zero-order chi connectivity index (χ0) is 20.5. The molecule has 0 aliphatic carbocycles. The zero-order valence-corrected chi connectivity index (χ0v) is 15.8. The first-order valence-electron chi connectivity index (χ1n) is 9.46. The lowest BCUT2D eigenvalue weighted by Gasteiger charge is -2.08. The van der Waals surface area contributed by atoms with Crippen LogP contribution in [-0.2, 0) is 6.54 Å². The third kappa shape index (κ3) is 3.09. The van der Waals surface area contributed by atoms with E-state index >= 15 is 0 Å². The summed E-state index contributed by atoms with van der Waals surface area (Å²) in [5, 5.41) is 38.6. The minimum absolute atomic E-state index is 0.0488. The molecule has 4 rings (SSSR count). The average molecular weight is 397 g/mol. The third-order valence-corrected chi connectivity index (χ3v) is 5.03. The van der Waals surface area contributed by atoms with Crippen molar-refractivity contribution in [3.63, 3.8) is 0 Å². The molecule has 0 spiro atoms. The molecule has 152 valence electrons. The lowest BCUT2D eigenvalue weighted by Crippen LogP contribution is -2.22. The van der Waals surface area contributed by atoms with Gasteiger partial charge in [0.1, 0.15) is 11.5 Å². The third-order valence-electron chi connectivity index (χ3n) is 5.03. The maximum atomic E-state index is 12.6. The molecule has 0 amide bonds. The highest BCUT2D eigenvalue weighted by atomic mass is 16.3. The lowest BCUT2D eigenvalue weighted by molar-refractivity contribution is 0.293. The second kappa shape index (κ2) is 7.70. The number of rotatable bonds is 7. The monoisotopic (exact) mass is 397 g/mol. The van der Waals surface area contributed by atoms with E-state index in [1.807, 2.05) is 10.7 Å². The quantitative estimate of drug-likeness (QED) is 0.190. The number of aromatic nitrogens is 2. The maximum absolute atomic E-state index is 12.6. The van der Waals surface area contributed by atoms with E-state index in [9.17, 15) is 15.0 Å². The maximum Gasteiger partial charge on any atom is 0.189 e. The number of H-pyrrole nitrogens is 1. The van der Waals surface area contributed by atoms with E-state index < -0.39 is 0 Å². The van der Waals surface area contributed by atoms with E-state index in [-0.39, 0.29) is 34.3 Å². The fourth-order valence-electron chi connectivity index (χ4n) is 3.81. The fraction of sp³-hybridized carbons (Fsp3) is 0.300. The summed E-state index contributed by atoms with van der Waals surface area (Å²) >= 11 is 0. The lowest BCUT2D eigenvalue weighted by atomic mass is 9.99. The van der Waals surface area contributed by atoms with Crippen LogP contribution in [0.1, 0.15) is 0 Å². The molecule has 7 N–H and O–H groups in total. The molecule has 9 heteroatoms. The van der Waals surface area contributed by atoms with Crippen LogP contribution in [0.15, 0.2) is 34.1 Å². The first-order valence-corrected chi connectivity index (χ1v) is 9.46. The Kier molecular flexibility index (Phi) is 5.10. The highest BCUT2D eigenvalue weighted by Crippen LogP contribution is 2.41. The summed E-state index contributed by atoms with van der Waals surface area (Å²) in [6.07, 6.45) is 0. The number of aliphatic hydroxyl groups is 1. The summed E-state index contributed by atoms with van der Waals surface area (Å²) in [6.45, 7) is 2.43. The number of nitrogens with zero attached hydrogens (tertiary/aromatic N) is 2. The van der Waals surface area contributed by atoms with Crippen LogP contribution in [-0.4, -0.2) is 57.9 Å². The highest BCUT2D eigenvalue weighted by molar-refractivity contribution is 6.23. The predicted molar refractivity (Wildman–Crippen MR) is 112 cm³/mol. The van der Waals surface area contributed by atoms with Crippen LogP contribution in [0.25, 0.3) is 32.6 Å². The number of aliphatic hydroxyl groups excluding tert-OH is 1. The van der Waals surface area contributed by atoms with Crippen molar-refractivity contribution in [2.24, 2.45) is 10.7 Å². The van der Waals surface area contributed by atoms with Gasteiger partial charge in [0.15, 0.2) is 5.43 Å². The molecule has 1 heterocycles. The number of aromatic amines is 1. The molecule has 9 nitrogen and oxygen atoms in total. The van der Waals surface area contributed by atoms with Crippen molar-refractivity contribution in [1.29, 1.82) is 0 Å². The van der Waals surface area contributed by atoms with Gasteiger partial charge in [-0.25, -0.2) is 0 Å². The normalized spacial score (nSPS) is 12.7. The Hall–Kier alpha value is -3.14. The van der Waals surface area contributed by atoms with Crippen molar-refractivity contribution in [3.05, 3.63) is 39.8 Å². The van der Waals surface area contributed by atoms with Gasteiger partial charge in [-0.3, -0.25) is 19.6 Å². The van der Waals surface area contributed by atoms with Crippen LogP contribution in [0.3, 0.4) is 0 Å². The summed E-state index contributed by atoms with van der Waals surface area (Å²) in [5.74, 6) is -0.343. The van der Waals surface area contributed by atoms with Crippen molar-refractivity contribution in [1.82, 2.24) is 15.1 Å². The molecular formula is C20H23N5O4. The summed E-state index contributed by atoms with van der Waals surface area (Å²) in [5.41, 5.74) is 6.75. The van der Waals surface area contributed by atoms with E-state index in [2.05, 4.69) is 15.4 Å². The molecular weight excluding hydrogens is 374 g/mol. The predicted octanol–water partition coefficient (Wildman–Crippen LogP) is -0.0737. The Bertz CT molecular complexity index is 1310. The average Bonchev–Trinajstić information content (AvgIpc) is 3.07. The Morgan fingerprint density at radius 1 is 1.07 bits per heavy atom. The minimum Gasteiger partial charge on any atom is -0.507 e. The second-order valence-electron chi connectivity index (χ2n) is 6.82. The smallest absolute Gasteiger partial charge is 0.189 e. The fourth-order valence-corrected chi connectivity index (χ4v) is 3.81. The van der Waals surface area contributed by atoms with Crippen molar-refractivity contribution < 1.29 is 15.3 Å². The van der Waals surface area contributed by atoms with E-state index in [0.29, 0.717) is 54.4 Å². The van der Waals surface area contributed by atoms with Gasteiger partial charge in [0, 0.05) is 25.0 Å². The van der Waals surface area contributed by atoms with Gasteiger partial charge >= 0.3 is 0 Å². The molecule has 0 fully saturated rings. The van der Waals surface area contributed by atoms with E-state index in [1.165, 1.54) is 12.1 Å². The number of hydrogen-bond acceptors (Lipinski definition) is 7. The van der Waals surface area contributed by atoms with Gasteiger partial charge in [-0.1, -0.05) is 0 Å². The van der Waals surface area contributed by atoms with Crippen molar-refractivity contribution in [2.45, 2.75) is 6.54 Å². The molecule has 0 atom stereocenters. The molecule has 0 bridgehead atoms. The second-order valence-corrected chi connectivity index (χ2v) is 6.82. The number of phenolic OH excluding ortho intramolecular Hbond substituents is 2. The summed E-state index contributed by atoms with van der Waals surface area (Å²) in [4.78, 5) is 17.2. The number of benzene rings is 3. The number of aromatic hydroxyl groups is 2. The molecule has 29 heavy (non-hydrogen) atoms. The Balaban J connectivity index is 2.08. The zero-order valence-electron chi connectivity index (χ0n) is 15.8. The van der Waals surface area contributed by atoms with Gasteiger partial charge in [-0.05, 0) is 24.3 Å². The van der Waals surface area contributed by atoms with Crippen LogP contribution >= 0.6 is 0 Å². The van der Waals surface area contributed by atoms with Gasteiger partial charge in [-0.15, -0.1) is 0 Å². The van der Waals surface area contributed by atoms with Crippen molar-refractivity contribution in [3.8, 4) is 11.5 Å². The minimum atomic E-state index is -0.298. The van der Waals surface area contributed by atoms with Crippen molar-refractivity contribution >= 4 is 32.6 Å². The Morgan fingerprint density at radius 2 is 1.90 bits per heavy atom. The van der Waals surface area contributed by atoms with Gasteiger partial charge in [0.2, 0.25) is 0 Å². The van der Waals surface area contributed by atoms with Crippen LogP contribution in [0.5, 0.6) is 11.5 Å². The molecule has 0 unspecified atom stereocenters. The highest BCUT2D eigenvalue weighted by Gasteiger charge is 2.21. The number of nitrogens with two attached hydrogens (primary N) is 1. The first-order chi connectivity index (χ1) is 14.1. The summed E-state index contributed by atoms with van der Waals surface area (Å²) in [7, 11) is 0. The molecule has 0 aliphatic heterocycles. The van der Waals surface area contributed by atoms with Gasteiger partial charge < -0.3 is 26.4 Å². The topological polar surface area (TPSA) is 149 Å². The van der Waals surface area contributed by atoms with Crippen LogP contribution < -0.4 is 21.8 Å². The molecule has 4 aromatic rings. The Morgan fingerprint density at radius 3 is 2.66 bits per heavy atom. The molecule has 0 radical (unpaired) electrons. The van der Waals surface area contributed by atoms with E-state index in [0.717, 1.165) is 5.52 Å². The Labute approximate surface area is 165 Å². The summed E-state index contributed by atoms with van der Waals surface area (Å²) in [6, 6.07) is 6.25. The van der Waals surface area contributed by atoms with Gasteiger partial charge in [0.05, 0.1) is 52.2 Å². The standard InChI is InChI=1S/C20H23N5O4/c21-5-9-25-12-2-1-11(23-7-6-22-8-10-26)15-16(12)19(24-25)17-13(27)3-4-14(28)18(17)20(15)29/h1-4,22,24,26,28-29H,5-10,21H2. The number of nitrogens with one attached hydrogen (secondary N) is 2. The van der Waals surface area contributed by atoms with Gasteiger partial charge in [-0.2, -0.15) is 0 Å². The first kappa shape index (κ1) is 19.2. The molecule has 3 aromatic carbocycles. The van der Waals surface area contributed by atoms with Crippen molar-refractivity contribution in [2.75, 3.05) is 32.8 Å². The summed E-state index contributed by atoms with van der Waals surface area (Å²) < 4.78 is 1.83. The number of phenols is 2.